The highest BCUT2D eigenvalue weighted by atomic mass is 16.5. The molecule has 1 saturated carbocycles. The quantitative estimate of drug-likeness (QED) is 0.765. The Hall–Kier alpha value is -1.55. The Kier molecular flexibility index (Phi) is 5.96. The van der Waals surface area contributed by atoms with Gasteiger partial charge in [0.15, 0.2) is 0 Å². The van der Waals surface area contributed by atoms with Crippen molar-refractivity contribution < 1.29 is 9.53 Å². The minimum absolute atomic E-state index is 0.166. The maximum atomic E-state index is 13.1. The van der Waals surface area contributed by atoms with Crippen LogP contribution in [0.3, 0.4) is 0 Å². The van der Waals surface area contributed by atoms with Crippen molar-refractivity contribution in [2.45, 2.75) is 58.3 Å². The van der Waals surface area contributed by atoms with E-state index in [1.165, 1.54) is 64.6 Å². The fourth-order valence-corrected chi connectivity index (χ4v) is 5.78. The minimum Gasteiger partial charge on any atom is -0.496 e. The first-order valence-corrected chi connectivity index (χ1v) is 11.2. The summed E-state index contributed by atoms with van der Waals surface area (Å²) in [6.07, 6.45) is 10.8. The van der Waals surface area contributed by atoms with Gasteiger partial charge >= 0.3 is 0 Å². The van der Waals surface area contributed by atoms with E-state index in [0.717, 1.165) is 42.3 Å². The number of nitrogens with zero attached hydrogens (tertiary/aromatic N) is 2. The summed E-state index contributed by atoms with van der Waals surface area (Å²) >= 11 is 0. The van der Waals surface area contributed by atoms with Crippen LogP contribution < -0.4 is 4.74 Å². The first-order valence-electron chi connectivity index (χ1n) is 11.2. The second-order valence-corrected chi connectivity index (χ2v) is 9.50. The van der Waals surface area contributed by atoms with Gasteiger partial charge in [-0.25, -0.2) is 0 Å². The van der Waals surface area contributed by atoms with Crippen LogP contribution in [-0.2, 0) is 0 Å². The second-order valence-electron chi connectivity index (χ2n) is 9.50. The normalized spacial score (nSPS) is 26.7. The summed E-state index contributed by atoms with van der Waals surface area (Å²) in [5, 5.41) is 0. The van der Waals surface area contributed by atoms with Crippen molar-refractivity contribution >= 4 is 5.91 Å². The molecule has 4 heteroatoms. The second kappa shape index (κ2) is 8.44. The van der Waals surface area contributed by atoms with Gasteiger partial charge in [-0.05, 0) is 69.2 Å². The number of amides is 1. The number of ether oxygens (including phenoxy) is 1. The number of hydrogen-bond acceptors (Lipinski definition) is 3. The van der Waals surface area contributed by atoms with Crippen LogP contribution in [-0.4, -0.2) is 55.5 Å². The van der Waals surface area contributed by atoms with Crippen molar-refractivity contribution in [2.24, 2.45) is 11.3 Å². The molecule has 0 unspecified atom stereocenters. The van der Waals surface area contributed by atoms with Gasteiger partial charge in [0, 0.05) is 37.2 Å². The number of carbonyl (C=O) groups excluding carboxylic acids is 1. The van der Waals surface area contributed by atoms with Gasteiger partial charge in [-0.2, -0.15) is 0 Å². The van der Waals surface area contributed by atoms with Gasteiger partial charge in [-0.15, -0.1) is 0 Å². The molecule has 1 aliphatic carbocycles. The van der Waals surface area contributed by atoms with Crippen LogP contribution in [0.5, 0.6) is 5.75 Å². The molecule has 4 rings (SSSR count). The Morgan fingerprint density at radius 1 is 1.11 bits per heavy atom. The summed E-state index contributed by atoms with van der Waals surface area (Å²) in [7, 11) is 1.67. The lowest BCUT2D eigenvalue weighted by Gasteiger charge is -2.42. The van der Waals surface area contributed by atoms with Crippen LogP contribution in [0.2, 0.25) is 0 Å². The zero-order chi connectivity index (χ0) is 19.6. The number of methoxy groups -OCH3 is 1. The molecule has 1 amide bonds. The molecule has 0 N–H and O–H groups in total. The van der Waals surface area contributed by atoms with E-state index in [0.29, 0.717) is 5.41 Å². The standard InChI is InChI=1S/C24H36N2O2/c1-19-9-10-21(15-22(19)28-2)23(27)26-14-12-24(18-26)11-6-13-25(17-24)16-20-7-4-3-5-8-20/h9-10,15,20H,3-8,11-14,16-18H2,1-2H3/t24-/m1/s1. The van der Waals surface area contributed by atoms with Gasteiger partial charge < -0.3 is 14.5 Å². The molecule has 0 aromatic heterocycles. The smallest absolute Gasteiger partial charge is 0.254 e. The Morgan fingerprint density at radius 2 is 1.93 bits per heavy atom. The van der Waals surface area contributed by atoms with Crippen molar-refractivity contribution in [3.63, 3.8) is 0 Å². The van der Waals surface area contributed by atoms with E-state index in [4.69, 9.17) is 4.74 Å². The van der Waals surface area contributed by atoms with Crippen LogP contribution in [0.15, 0.2) is 18.2 Å². The Morgan fingerprint density at radius 3 is 2.71 bits per heavy atom. The van der Waals surface area contributed by atoms with Crippen molar-refractivity contribution in [1.82, 2.24) is 9.80 Å². The zero-order valence-electron chi connectivity index (χ0n) is 17.7. The topological polar surface area (TPSA) is 32.8 Å². The van der Waals surface area contributed by atoms with E-state index in [2.05, 4.69) is 9.80 Å². The molecule has 3 aliphatic rings. The van der Waals surface area contributed by atoms with Gasteiger partial charge in [0.25, 0.3) is 5.91 Å². The fraction of sp³-hybridized carbons (Fsp3) is 0.708. The van der Waals surface area contributed by atoms with E-state index >= 15 is 0 Å². The van der Waals surface area contributed by atoms with E-state index in [1.54, 1.807) is 7.11 Å². The number of hydrogen-bond donors (Lipinski definition) is 0. The summed E-state index contributed by atoms with van der Waals surface area (Å²) in [6.45, 7) is 7.55. The first kappa shape index (κ1) is 19.8. The third kappa shape index (κ3) is 4.22. The largest absolute Gasteiger partial charge is 0.496 e. The molecule has 2 saturated heterocycles. The molecule has 154 valence electrons. The van der Waals surface area contributed by atoms with Gasteiger partial charge in [0.2, 0.25) is 0 Å². The lowest BCUT2D eigenvalue weighted by Crippen LogP contribution is -2.47. The fourth-order valence-electron chi connectivity index (χ4n) is 5.78. The zero-order valence-corrected chi connectivity index (χ0v) is 17.7. The van der Waals surface area contributed by atoms with E-state index in [9.17, 15) is 4.79 Å². The van der Waals surface area contributed by atoms with Gasteiger partial charge in [0.05, 0.1) is 7.11 Å². The number of carbonyl (C=O) groups is 1. The van der Waals surface area contributed by atoms with Crippen LogP contribution >= 0.6 is 0 Å². The molecule has 0 radical (unpaired) electrons. The molecular weight excluding hydrogens is 348 g/mol. The van der Waals surface area contributed by atoms with Crippen LogP contribution in [0, 0.1) is 18.3 Å². The number of rotatable bonds is 4. The SMILES string of the molecule is COc1cc(C(=O)N2CC[C@@]3(CCCN(CC4CCCCC4)C3)C2)ccc1C. The highest BCUT2D eigenvalue weighted by molar-refractivity contribution is 5.95. The molecule has 3 fully saturated rings. The molecule has 1 aromatic carbocycles. The highest BCUT2D eigenvalue weighted by Gasteiger charge is 2.43. The summed E-state index contributed by atoms with van der Waals surface area (Å²) in [5.74, 6) is 1.87. The van der Waals surface area contributed by atoms with Crippen LogP contribution in [0.25, 0.3) is 0 Å². The summed E-state index contributed by atoms with van der Waals surface area (Å²) in [5.41, 5.74) is 2.15. The molecule has 1 spiro atoms. The van der Waals surface area contributed by atoms with Crippen molar-refractivity contribution in [3.8, 4) is 5.75 Å². The maximum Gasteiger partial charge on any atom is 0.254 e. The summed E-state index contributed by atoms with van der Waals surface area (Å²) in [4.78, 5) is 17.9. The van der Waals surface area contributed by atoms with Crippen LogP contribution in [0.4, 0.5) is 0 Å². The highest BCUT2D eigenvalue weighted by Crippen LogP contribution is 2.40. The molecule has 1 aromatic rings. The molecule has 0 bridgehead atoms. The predicted octanol–water partition coefficient (Wildman–Crippen LogP) is 4.51. The maximum absolute atomic E-state index is 13.1. The lowest BCUT2D eigenvalue weighted by atomic mass is 9.78. The van der Waals surface area contributed by atoms with E-state index in [1.807, 2.05) is 25.1 Å². The van der Waals surface area contributed by atoms with Crippen LogP contribution in [0.1, 0.15) is 67.3 Å². The van der Waals surface area contributed by atoms with Crippen molar-refractivity contribution in [1.29, 1.82) is 0 Å². The Labute approximate surface area is 170 Å². The predicted molar refractivity (Wildman–Crippen MR) is 113 cm³/mol. The molecule has 2 aliphatic heterocycles. The van der Waals surface area contributed by atoms with Gasteiger partial charge in [0.1, 0.15) is 5.75 Å². The number of likely N-dealkylation sites (tertiary alicyclic amines) is 2. The van der Waals surface area contributed by atoms with Crippen molar-refractivity contribution in [3.05, 3.63) is 29.3 Å². The van der Waals surface area contributed by atoms with Gasteiger partial charge in [-0.3, -0.25) is 4.79 Å². The molecule has 1 atom stereocenters. The monoisotopic (exact) mass is 384 g/mol. The van der Waals surface area contributed by atoms with E-state index < -0.39 is 0 Å². The molecule has 28 heavy (non-hydrogen) atoms. The Balaban J connectivity index is 1.38. The third-order valence-electron chi connectivity index (χ3n) is 7.36. The first-order chi connectivity index (χ1) is 13.6. The minimum atomic E-state index is 0.166. The molecular formula is C24H36N2O2. The average molecular weight is 385 g/mol. The number of piperidine rings is 1. The number of aryl methyl sites for hydroxylation is 1. The third-order valence-corrected chi connectivity index (χ3v) is 7.36. The summed E-state index contributed by atoms with van der Waals surface area (Å²) < 4.78 is 5.42. The molecule has 4 nitrogen and oxygen atoms in total. The average Bonchev–Trinajstić information content (AvgIpc) is 3.11. The molecule has 2 heterocycles. The lowest BCUT2D eigenvalue weighted by molar-refractivity contribution is 0.0630. The van der Waals surface area contributed by atoms with Gasteiger partial charge in [-0.1, -0.05) is 25.3 Å². The summed E-state index contributed by atoms with van der Waals surface area (Å²) in [6, 6.07) is 5.84. The van der Waals surface area contributed by atoms with E-state index in [-0.39, 0.29) is 5.91 Å². The Bertz CT molecular complexity index is 698. The van der Waals surface area contributed by atoms with Crippen molar-refractivity contribution in [2.75, 3.05) is 39.8 Å². The number of benzene rings is 1.